The van der Waals surface area contributed by atoms with Gasteiger partial charge in [-0.05, 0) is 86.2 Å². The van der Waals surface area contributed by atoms with Crippen LogP contribution in [0.5, 0.6) is 11.8 Å². The van der Waals surface area contributed by atoms with E-state index in [9.17, 15) is 19.5 Å². The zero-order chi connectivity index (χ0) is 47.6. The quantitative estimate of drug-likeness (QED) is 0.129. The number of piperazine rings is 2. The van der Waals surface area contributed by atoms with E-state index in [2.05, 4.69) is 36.2 Å². The molecule has 2 aromatic heterocycles. The molecule has 1 aliphatic carbocycles. The Balaban J connectivity index is 0.731. The van der Waals surface area contributed by atoms with Crippen LogP contribution in [0.25, 0.3) is 32.9 Å². The zero-order valence-corrected chi connectivity index (χ0v) is 38.9. The van der Waals surface area contributed by atoms with Gasteiger partial charge < -0.3 is 34.8 Å². The highest BCUT2D eigenvalue weighted by Gasteiger charge is 2.46. The Kier molecular flexibility index (Phi) is 12.0. The molecule has 2 unspecified atom stereocenters. The number of piperidine rings is 1. The number of aromatic hydroxyl groups is 1. The number of terminal acetylenes is 1. The molecule has 5 aromatic rings. The van der Waals surface area contributed by atoms with Crippen LogP contribution in [0.4, 0.5) is 25.1 Å². The van der Waals surface area contributed by atoms with Gasteiger partial charge in [0.25, 0.3) is 5.91 Å². The number of ether oxygens (including phenoxy) is 1. The van der Waals surface area contributed by atoms with Crippen LogP contribution in [0, 0.1) is 35.3 Å². The van der Waals surface area contributed by atoms with Gasteiger partial charge in [0.1, 0.15) is 28.6 Å². The molecular weight excluding hydrogens is 906 g/mol. The second kappa shape index (κ2) is 18.3. The Morgan fingerprint density at radius 1 is 0.942 bits per heavy atom. The van der Waals surface area contributed by atoms with Crippen molar-refractivity contribution < 1.29 is 33.0 Å². The number of phenolic OH excluding ortho intramolecular Hbond substituents is 1. The highest BCUT2D eigenvalue weighted by molar-refractivity contribution is 6.34. The largest absolute Gasteiger partial charge is 0.508 e. The summed E-state index contributed by atoms with van der Waals surface area (Å²) in [5, 5.41) is 18.2. The van der Waals surface area contributed by atoms with Crippen molar-refractivity contribution in [3.8, 4) is 35.4 Å². The van der Waals surface area contributed by atoms with Crippen molar-refractivity contribution in [1.29, 1.82) is 0 Å². The van der Waals surface area contributed by atoms with E-state index in [1.165, 1.54) is 29.2 Å². The average molecular weight is 959 g/mol. The number of hydrogen-bond donors (Lipinski definition) is 3. The lowest BCUT2D eigenvalue weighted by atomic mass is 9.95. The summed E-state index contributed by atoms with van der Waals surface area (Å²) < 4.78 is 38.6. The fraction of sp³-hybridized carbons (Fsp3) is 0.451. The molecular formula is C51H53ClF2N10O5. The van der Waals surface area contributed by atoms with E-state index in [1.54, 1.807) is 24.4 Å². The van der Waals surface area contributed by atoms with Gasteiger partial charge in [-0.2, -0.15) is 9.97 Å². The second-order valence-corrected chi connectivity index (χ2v) is 20.1. The third-order valence-corrected chi connectivity index (χ3v) is 15.4. The summed E-state index contributed by atoms with van der Waals surface area (Å²) >= 11 is 6.43. The van der Waals surface area contributed by atoms with E-state index in [1.807, 2.05) is 4.90 Å². The molecule has 358 valence electrons. The van der Waals surface area contributed by atoms with Crippen LogP contribution < -0.4 is 25.2 Å². The molecule has 3 N–H and O–H groups in total. The number of carbonyl (C=O) groups is 3. The van der Waals surface area contributed by atoms with Crippen molar-refractivity contribution in [2.24, 2.45) is 11.3 Å². The third-order valence-electron chi connectivity index (χ3n) is 15.1. The number of likely N-dealkylation sites (tertiary alicyclic amines) is 1. The normalized spacial score (nSPS) is 22.0. The van der Waals surface area contributed by atoms with Crippen molar-refractivity contribution in [3.05, 3.63) is 76.4 Å². The number of aromatic nitrogens is 3. The molecule has 6 fully saturated rings. The van der Waals surface area contributed by atoms with Gasteiger partial charge in [-0.1, -0.05) is 23.6 Å². The molecule has 15 nitrogen and oxygen atoms in total. The van der Waals surface area contributed by atoms with Gasteiger partial charge in [-0.25, -0.2) is 13.6 Å². The number of anilines is 2. The summed E-state index contributed by atoms with van der Waals surface area (Å²) in [4.78, 5) is 62.5. The molecule has 0 spiro atoms. The Hall–Kier alpha value is -6.19. The number of rotatable bonds is 11. The van der Waals surface area contributed by atoms with E-state index >= 15 is 8.78 Å². The predicted molar refractivity (Wildman–Crippen MR) is 258 cm³/mol. The number of fused-ring (bicyclic) bond motifs is 4. The van der Waals surface area contributed by atoms with Crippen LogP contribution in [0.15, 0.2) is 48.7 Å². The van der Waals surface area contributed by atoms with Gasteiger partial charge in [-0.15, -0.1) is 6.42 Å². The smallest absolute Gasteiger partial charge is 0.328 e. The van der Waals surface area contributed by atoms with E-state index in [-0.39, 0.29) is 81.8 Å². The average Bonchev–Trinajstić information content (AvgIpc) is 4.03. The van der Waals surface area contributed by atoms with E-state index < -0.39 is 17.7 Å². The van der Waals surface area contributed by atoms with Crippen LogP contribution in [0.3, 0.4) is 0 Å². The number of amides is 4. The maximum atomic E-state index is 17.1. The summed E-state index contributed by atoms with van der Waals surface area (Å²) in [6.45, 7) is 8.88. The minimum atomic E-state index is -0.741. The van der Waals surface area contributed by atoms with Crippen molar-refractivity contribution >= 4 is 62.6 Å². The van der Waals surface area contributed by atoms with Gasteiger partial charge in [0.05, 0.1) is 28.3 Å². The van der Waals surface area contributed by atoms with Crippen LogP contribution >= 0.6 is 11.6 Å². The third kappa shape index (κ3) is 8.99. The van der Waals surface area contributed by atoms with Crippen LogP contribution in [0.1, 0.15) is 60.9 Å². The number of urea groups is 1. The first-order valence-corrected chi connectivity index (χ1v) is 24.4. The number of phenols is 1. The van der Waals surface area contributed by atoms with Crippen molar-refractivity contribution in [2.75, 3.05) is 88.4 Å². The number of imide groups is 1. The van der Waals surface area contributed by atoms with Crippen molar-refractivity contribution in [1.82, 2.24) is 40.3 Å². The maximum Gasteiger partial charge on any atom is 0.328 e. The highest BCUT2D eigenvalue weighted by atomic mass is 35.5. The minimum absolute atomic E-state index is 0.0276. The first kappa shape index (κ1) is 45.3. The lowest BCUT2D eigenvalue weighted by Gasteiger charge is -2.39. The maximum absolute atomic E-state index is 17.1. The molecule has 6 aliphatic rings. The van der Waals surface area contributed by atoms with Gasteiger partial charge in [-0.3, -0.25) is 24.8 Å². The van der Waals surface area contributed by atoms with Gasteiger partial charge in [0.15, 0.2) is 5.82 Å². The molecule has 2 atom stereocenters. The molecule has 18 heteroatoms. The molecule has 1 saturated carbocycles. The van der Waals surface area contributed by atoms with Gasteiger partial charge >= 0.3 is 12.0 Å². The van der Waals surface area contributed by atoms with E-state index in [0.29, 0.717) is 71.6 Å². The van der Waals surface area contributed by atoms with Gasteiger partial charge in [0, 0.05) is 119 Å². The summed E-state index contributed by atoms with van der Waals surface area (Å²) in [6.07, 6.45) is 13.4. The SMILES string of the molecule is C#Cc1c(F)ccc2cc(O)cc(-c3ncc4c(N5CC6CCC(C5)N6)nc(OCC5(CN6CCN(CC7CCN(C(=O)c8ccc(Cl)c(N9CCC(=O)NC9=O)c8)CC7)CC6)CC5)nc4c3F)c12. The highest BCUT2D eigenvalue weighted by Crippen LogP contribution is 2.47. The zero-order valence-electron chi connectivity index (χ0n) is 38.2. The van der Waals surface area contributed by atoms with Crippen LogP contribution in [-0.4, -0.2) is 143 Å². The number of nitrogens with one attached hydrogen (secondary N) is 2. The van der Waals surface area contributed by atoms with Crippen molar-refractivity contribution in [2.45, 2.75) is 57.0 Å². The standard InChI is InChI=1S/C51H53ClF2N10O5/c1-2-36-40(53)8-4-31-21-35(65)23-37(43(31)36)45-44(54)46-38(24-55-45)47(63-26-33-5-6-34(27-63)56-33)59-49(58-46)69-29-51(12-13-51)28-61-19-17-60(18-20-61)25-30-9-14-62(15-10-30)48(67)32-3-7-39(52)41(22-32)64-16-11-42(66)57-50(64)68/h1,3-4,7-8,21-24,30,33-34,56,65H,5-6,9-20,25-29H2,(H,57,66,68). The molecule has 0 radical (unpaired) electrons. The molecule has 3 aromatic carbocycles. The molecule has 69 heavy (non-hydrogen) atoms. The molecule has 7 heterocycles. The van der Waals surface area contributed by atoms with Crippen LogP contribution in [-0.2, 0) is 4.79 Å². The van der Waals surface area contributed by atoms with Crippen molar-refractivity contribution in [3.63, 3.8) is 0 Å². The van der Waals surface area contributed by atoms with Gasteiger partial charge in [0.2, 0.25) is 5.91 Å². The first-order chi connectivity index (χ1) is 33.4. The summed E-state index contributed by atoms with van der Waals surface area (Å²) in [5.74, 6) is 1.49. The number of hydrogen-bond acceptors (Lipinski definition) is 12. The summed E-state index contributed by atoms with van der Waals surface area (Å²) in [7, 11) is 0. The predicted octanol–water partition coefficient (Wildman–Crippen LogP) is 6.18. The number of carbonyl (C=O) groups excluding carboxylic acids is 3. The second-order valence-electron chi connectivity index (χ2n) is 19.7. The number of benzene rings is 3. The summed E-state index contributed by atoms with van der Waals surface area (Å²) in [5.41, 5.74) is 0.831. The summed E-state index contributed by atoms with van der Waals surface area (Å²) in [6, 6.07) is 10.6. The molecule has 5 aliphatic heterocycles. The van der Waals surface area contributed by atoms with Crippen LogP contribution in [0.2, 0.25) is 5.02 Å². The minimum Gasteiger partial charge on any atom is -0.508 e. The Labute approximate surface area is 403 Å². The number of pyridine rings is 1. The molecule has 5 saturated heterocycles. The Morgan fingerprint density at radius 2 is 1.70 bits per heavy atom. The topological polar surface area (TPSA) is 160 Å². The number of nitrogens with zero attached hydrogens (tertiary/aromatic N) is 8. The fourth-order valence-electron chi connectivity index (χ4n) is 11.1. The Morgan fingerprint density at radius 3 is 2.42 bits per heavy atom. The van der Waals surface area contributed by atoms with E-state index in [4.69, 9.17) is 32.7 Å². The lowest BCUT2D eigenvalue weighted by Crippen LogP contribution is -2.51. The monoisotopic (exact) mass is 958 g/mol. The molecule has 2 bridgehead atoms. The Bertz CT molecular complexity index is 2920. The fourth-order valence-corrected chi connectivity index (χ4v) is 11.3. The molecule has 4 amide bonds. The van der Waals surface area contributed by atoms with E-state index in [0.717, 1.165) is 77.8 Å². The number of halogens is 3. The first-order valence-electron chi connectivity index (χ1n) is 24.0. The lowest BCUT2D eigenvalue weighted by molar-refractivity contribution is -0.120. The molecule has 11 rings (SSSR count).